The second kappa shape index (κ2) is 4.80. The van der Waals surface area contributed by atoms with Crippen LogP contribution in [-0.2, 0) is 0 Å². The molecule has 0 aliphatic carbocycles. The van der Waals surface area contributed by atoms with Gasteiger partial charge in [-0.3, -0.25) is 0 Å². The average molecular weight is 251 g/mol. The molecule has 1 aromatic carbocycles. The number of rotatable bonds is 3. The van der Waals surface area contributed by atoms with Gasteiger partial charge in [0, 0.05) is 0 Å². The van der Waals surface area contributed by atoms with Crippen LogP contribution < -0.4 is 4.74 Å². The zero-order valence-corrected chi connectivity index (χ0v) is 10.9. The molecule has 2 aromatic rings. The molecule has 17 heavy (non-hydrogen) atoms. The highest BCUT2D eigenvalue weighted by atomic mass is 35.5. The van der Waals surface area contributed by atoms with Crippen molar-refractivity contribution in [2.45, 2.75) is 19.8 Å². The van der Waals surface area contributed by atoms with E-state index in [4.69, 9.17) is 16.3 Å². The molecule has 0 amide bonds. The summed E-state index contributed by atoms with van der Waals surface area (Å²) in [4.78, 5) is 0. The minimum atomic E-state index is 0.368. The zero-order valence-electron chi connectivity index (χ0n) is 10.1. The number of ether oxygens (including phenoxy) is 1. The topological polar surface area (TPSA) is 27.1 Å². The molecule has 1 aromatic heterocycles. The Morgan fingerprint density at radius 3 is 2.35 bits per heavy atom. The molecule has 0 atom stereocenters. The molecule has 0 bridgehead atoms. The second-order valence-corrected chi connectivity index (χ2v) is 4.54. The first-order valence-corrected chi connectivity index (χ1v) is 5.89. The lowest BCUT2D eigenvalue weighted by Crippen LogP contribution is -1.98. The van der Waals surface area contributed by atoms with Crippen molar-refractivity contribution >= 4 is 11.6 Å². The molecule has 0 saturated carbocycles. The molecule has 0 aliphatic heterocycles. The summed E-state index contributed by atoms with van der Waals surface area (Å²) in [7, 11) is 1.65. The first-order chi connectivity index (χ1) is 8.11. The molecular formula is C13H15ClN2O. The summed E-state index contributed by atoms with van der Waals surface area (Å²) in [5, 5.41) is 5.10. The quantitative estimate of drug-likeness (QED) is 0.831. The predicted octanol–water partition coefficient (Wildman–Crippen LogP) is 3.66. The molecule has 2 rings (SSSR count). The number of methoxy groups -OCH3 is 1. The summed E-state index contributed by atoms with van der Waals surface area (Å²) in [6, 6.07) is 9.55. The van der Waals surface area contributed by atoms with Gasteiger partial charge in [0.1, 0.15) is 10.9 Å². The van der Waals surface area contributed by atoms with Crippen molar-refractivity contribution < 1.29 is 4.74 Å². The van der Waals surface area contributed by atoms with Gasteiger partial charge in [0.25, 0.3) is 0 Å². The van der Waals surface area contributed by atoms with Crippen molar-refractivity contribution in [2.75, 3.05) is 7.11 Å². The number of benzene rings is 1. The summed E-state index contributed by atoms with van der Waals surface area (Å²) in [5.41, 5.74) is 1.92. The molecule has 0 fully saturated rings. The van der Waals surface area contributed by atoms with Crippen LogP contribution in [0.5, 0.6) is 5.75 Å². The number of hydrogen-bond acceptors (Lipinski definition) is 2. The minimum Gasteiger partial charge on any atom is -0.497 e. The summed E-state index contributed by atoms with van der Waals surface area (Å²) in [6.45, 7) is 4.19. The van der Waals surface area contributed by atoms with Gasteiger partial charge in [-0.15, -0.1) is 0 Å². The molecule has 0 N–H and O–H groups in total. The van der Waals surface area contributed by atoms with Crippen LogP contribution >= 0.6 is 11.6 Å². The normalized spacial score (nSPS) is 10.9. The van der Waals surface area contributed by atoms with Crippen molar-refractivity contribution in [3.8, 4) is 11.4 Å². The number of hydrogen-bond donors (Lipinski definition) is 0. The Morgan fingerprint density at radius 2 is 1.88 bits per heavy atom. The maximum absolute atomic E-state index is 6.17. The molecule has 90 valence electrons. The molecule has 0 saturated heterocycles. The standard InChI is InChI=1S/C13H15ClN2O/c1-9(2)12-8-13(14)16(15-12)10-4-6-11(17-3)7-5-10/h4-9H,1-3H3. The lowest BCUT2D eigenvalue weighted by atomic mass is 10.1. The van der Waals surface area contributed by atoms with Gasteiger partial charge in [0.15, 0.2) is 0 Å². The van der Waals surface area contributed by atoms with Gasteiger partial charge in [-0.25, -0.2) is 4.68 Å². The maximum Gasteiger partial charge on any atom is 0.133 e. The Morgan fingerprint density at radius 1 is 1.24 bits per heavy atom. The number of aromatic nitrogens is 2. The highest BCUT2D eigenvalue weighted by Gasteiger charge is 2.10. The van der Waals surface area contributed by atoms with Crippen molar-refractivity contribution in [2.24, 2.45) is 0 Å². The van der Waals surface area contributed by atoms with E-state index in [2.05, 4.69) is 18.9 Å². The van der Waals surface area contributed by atoms with Gasteiger partial charge in [0.2, 0.25) is 0 Å². The third-order valence-electron chi connectivity index (χ3n) is 2.59. The largest absolute Gasteiger partial charge is 0.497 e. The molecule has 4 heteroatoms. The number of nitrogens with zero attached hydrogens (tertiary/aromatic N) is 2. The molecule has 0 spiro atoms. The first kappa shape index (κ1) is 12.0. The van der Waals surface area contributed by atoms with Crippen LogP contribution in [0.4, 0.5) is 0 Å². The average Bonchev–Trinajstić information content (AvgIpc) is 2.72. The van der Waals surface area contributed by atoms with E-state index in [-0.39, 0.29) is 0 Å². The van der Waals surface area contributed by atoms with Gasteiger partial charge >= 0.3 is 0 Å². The Kier molecular flexibility index (Phi) is 3.38. The molecule has 0 aliphatic rings. The molecule has 3 nitrogen and oxygen atoms in total. The van der Waals surface area contributed by atoms with E-state index in [0.717, 1.165) is 17.1 Å². The second-order valence-electron chi connectivity index (χ2n) is 4.16. The van der Waals surface area contributed by atoms with Crippen molar-refractivity contribution in [3.05, 3.63) is 41.2 Å². The fourth-order valence-electron chi connectivity index (χ4n) is 1.56. The van der Waals surface area contributed by atoms with E-state index in [1.54, 1.807) is 11.8 Å². The Balaban J connectivity index is 2.38. The van der Waals surface area contributed by atoms with Crippen LogP contribution in [0.2, 0.25) is 5.15 Å². The zero-order chi connectivity index (χ0) is 12.4. The molecule has 0 radical (unpaired) electrons. The van der Waals surface area contributed by atoms with Gasteiger partial charge in [-0.2, -0.15) is 5.10 Å². The Hall–Kier alpha value is -1.48. The maximum atomic E-state index is 6.17. The summed E-state index contributed by atoms with van der Waals surface area (Å²) in [6.07, 6.45) is 0. The highest BCUT2D eigenvalue weighted by Crippen LogP contribution is 2.23. The Labute approximate surface area is 106 Å². The van der Waals surface area contributed by atoms with Crippen molar-refractivity contribution in [1.29, 1.82) is 0 Å². The smallest absolute Gasteiger partial charge is 0.133 e. The fraction of sp³-hybridized carbons (Fsp3) is 0.308. The van der Waals surface area contributed by atoms with Gasteiger partial charge in [-0.05, 0) is 36.2 Å². The molecule has 1 heterocycles. The van der Waals surface area contributed by atoms with E-state index in [0.29, 0.717) is 11.1 Å². The first-order valence-electron chi connectivity index (χ1n) is 5.51. The van der Waals surface area contributed by atoms with Gasteiger partial charge in [-0.1, -0.05) is 25.4 Å². The third-order valence-corrected chi connectivity index (χ3v) is 2.86. The van der Waals surface area contributed by atoms with E-state index in [1.165, 1.54) is 0 Å². The van der Waals surface area contributed by atoms with E-state index in [9.17, 15) is 0 Å². The van der Waals surface area contributed by atoms with Crippen LogP contribution in [0.15, 0.2) is 30.3 Å². The third kappa shape index (κ3) is 2.44. The van der Waals surface area contributed by atoms with E-state index >= 15 is 0 Å². The monoisotopic (exact) mass is 250 g/mol. The predicted molar refractivity (Wildman–Crippen MR) is 69.2 cm³/mol. The van der Waals surface area contributed by atoms with Crippen molar-refractivity contribution in [1.82, 2.24) is 9.78 Å². The van der Waals surface area contributed by atoms with E-state index < -0.39 is 0 Å². The lowest BCUT2D eigenvalue weighted by molar-refractivity contribution is 0.414. The minimum absolute atomic E-state index is 0.368. The summed E-state index contributed by atoms with van der Waals surface area (Å²) in [5.74, 6) is 1.19. The SMILES string of the molecule is COc1ccc(-n2nc(C(C)C)cc2Cl)cc1. The van der Waals surface area contributed by atoms with Crippen LogP contribution in [0, 0.1) is 0 Å². The highest BCUT2D eigenvalue weighted by molar-refractivity contribution is 6.29. The lowest BCUT2D eigenvalue weighted by Gasteiger charge is -2.05. The van der Waals surface area contributed by atoms with Crippen LogP contribution in [0.25, 0.3) is 5.69 Å². The van der Waals surface area contributed by atoms with Crippen molar-refractivity contribution in [3.63, 3.8) is 0 Å². The van der Waals surface area contributed by atoms with Crippen LogP contribution in [0.3, 0.4) is 0 Å². The Bertz CT molecular complexity index is 503. The number of halogens is 1. The van der Waals surface area contributed by atoms with Gasteiger partial charge in [0.05, 0.1) is 18.5 Å². The summed E-state index contributed by atoms with van der Waals surface area (Å²) >= 11 is 6.17. The van der Waals surface area contributed by atoms with Crippen LogP contribution in [-0.4, -0.2) is 16.9 Å². The molecule has 0 unspecified atom stereocenters. The van der Waals surface area contributed by atoms with E-state index in [1.807, 2.05) is 30.3 Å². The molecular weight excluding hydrogens is 236 g/mol. The summed E-state index contributed by atoms with van der Waals surface area (Å²) < 4.78 is 6.85. The van der Waals surface area contributed by atoms with Gasteiger partial charge < -0.3 is 4.74 Å². The fourth-order valence-corrected chi connectivity index (χ4v) is 1.81. The van der Waals surface area contributed by atoms with Crippen LogP contribution in [0.1, 0.15) is 25.5 Å².